The highest BCUT2D eigenvalue weighted by atomic mass is 15.2. The van der Waals surface area contributed by atoms with Gasteiger partial charge in [0, 0.05) is 12.1 Å². The zero-order valence-electron chi connectivity index (χ0n) is 8.23. The quantitative estimate of drug-likeness (QED) is 0.585. The Morgan fingerprint density at radius 1 is 1.43 bits per heavy atom. The molecule has 0 spiro atoms. The largest absolute Gasteiger partial charge is 0.234 e. The molecule has 2 aromatic rings. The Labute approximate surface area is 82.8 Å². The van der Waals surface area contributed by atoms with Crippen LogP contribution in [0.1, 0.15) is 19.5 Å². The van der Waals surface area contributed by atoms with Gasteiger partial charge < -0.3 is 0 Å². The van der Waals surface area contributed by atoms with Crippen LogP contribution in [0.25, 0.3) is 5.65 Å². The first kappa shape index (κ1) is 8.76. The van der Waals surface area contributed by atoms with E-state index in [2.05, 4.69) is 35.8 Å². The van der Waals surface area contributed by atoms with Crippen LogP contribution in [0, 0.1) is 17.8 Å². The standard InChI is InChI=1S/C11H11N3/c1-9(2)5-6-10-8-12-11-4-3-7-13-14(10)11/h3-4,7-9H,1-2H3. The van der Waals surface area contributed by atoms with Gasteiger partial charge in [-0.05, 0) is 18.1 Å². The average Bonchev–Trinajstić information content (AvgIpc) is 2.58. The fourth-order valence-corrected chi connectivity index (χ4v) is 1.13. The van der Waals surface area contributed by atoms with E-state index in [9.17, 15) is 0 Å². The van der Waals surface area contributed by atoms with Crippen LogP contribution in [0.15, 0.2) is 24.5 Å². The molecule has 3 nitrogen and oxygen atoms in total. The lowest BCUT2D eigenvalue weighted by Crippen LogP contribution is -1.92. The second-order valence-corrected chi connectivity index (χ2v) is 3.36. The molecule has 0 saturated heterocycles. The van der Waals surface area contributed by atoms with Gasteiger partial charge in [-0.2, -0.15) is 5.10 Å². The van der Waals surface area contributed by atoms with Crippen LogP contribution in [0.5, 0.6) is 0 Å². The van der Waals surface area contributed by atoms with Crippen molar-refractivity contribution in [1.29, 1.82) is 0 Å². The normalized spacial score (nSPS) is 10.2. The van der Waals surface area contributed by atoms with E-state index < -0.39 is 0 Å². The third-order valence-electron chi connectivity index (χ3n) is 1.77. The van der Waals surface area contributed by atoms with Crippen molar-refractivity contribution in [2.75, 3.05) is 0 Å². The molecule has 2 rings (SSSR count). The zero-order valence-corrected chi connectivity index (χ0v) is 8.23. The van der Waals surface area contributed by atoms with Crippen molar-refractivity contribution < 1.29 is 0 Å². The molecule has 2 aromatic heterocycles. The number of rotatable bonds is 0. The maximum atomic E-state index is 4.19. The molecule has 0 saturated carbocycles. The zero-order chi connectivity index (χ0) is 9.97. The Balaban J connectivity index is 2.50. The summed E-state index contributed by atoms with van der Waals surface area (Å²) in [5.41, 5.74) is 1.68. The molecule has 0 unspecified atom stereocenters. The van der Waals surface area contributed by atoms with E-state index in [0.717, 1.165) is 11.3 Å². The topological polar surface area (TPSA) is 30.2 Å². The third-order valence-corrected chi connectivity index (χ3v) is 1.77. The summed E-state index contributed by atoms with van der Waals surface area (Å²) in [7, 11) is 0. The molecule has 0 aliphatic carbocycles. The van der Waals surface area contributed by atoms with E-state index in [1.54, 1.807) is 16.9 Å². The van der Waals surface area contributed by atoms with Crippen molar-refractivity contribution in [2.45, 2.75) is 13.8 Å². The summed E-state index contributed by atoms with van der Waals surface area (Å²) >= 11 is 0. The molecule has 14 heavy (non-hydrogen) atoms. The van der Waals surface area contributed by atoms with Crippen LogP contribution in [-0.2, 0) is 0 Å². The van der Waals surface area contributed by atoms with Crippen LogP contribution >= 0.6 is 0 Å². The van der Waals surface area contributed by atoms with Crippen molar-refractivity contribution in [2.24, 2.45) is 5.92 Å². The SMILES string of the molecule is CC(C)C#Cc1cnc2cccnn12. The number of aromatic nitrogens is 3. The molecule has 0 aliphatic rings. The average molecular weight is 185 g/mol. The van der Waals surface area contributed by atoms with E-state index in [1.807, 2.05) is 12.1 Å². The molecular weight excluding hydrogens is 174 g/mol. The molecule has 0 bridgehead atoms. The lowest BCUT2D eigenvalue weighted by molar-refractivity contribution is 0.864. The van der Waals surface area contributed by atoms with Gasteiger partial charge in [0.15, 0.2) is 5.65 Å². The van der Waals surface area contributed by atoms with Crippen LogP contribution in [-0.4, -0.2) is 14.6 Å². The predicted octanol–water partition coefficient (Wildman–Crippen LogP) is 1.74. The fourth-order valence-electron chi connectivity index (χ4n) is 1.13. The molecule has 2 heterocycles. The van der Waals surface area contributed by atoms with Gasteiger partial charge in [0.1, 0.15) is 5.69 Å². The highest BCUT2D eigenvalue weighted by molar-refractivity contribution is 5.42. The number of nitrogens with zero attached hydrogens (tertiary/aromatic N) is 3. The molecule has 0 N–H and O–H groups in total. The highest BCUT2D eigenvalue weighted by Gasteiger charge is 1.98. The second-order valence-electron chi connectivity index (χ2n) is 3.36. The molecule has 0 aromatic carbocycles. The summed E-state index contributed by atoms with van der Waals surface area (Å²) in [5.74, 6) is 6.51. The van der Waals surface area contributed by atoms with Gasteiger partial charge in [0.25, 0.3) is 0 Å². The molecule has 0 atom stereocenters. The van der Waals surface area contributed by atoms with Crippen LogP contribution in [0.4, 0.5) is 0 Å². The summed E-state index contributed by atoms with van der Waals surface area (Å²) in [6.07, 6.45) is 3.48. The first-order valence-electron chi connectivity index (χ1n) is 4.57. The summed E-state index contributed by atoms with van der Waals surface area (Å²) in [5, 5.41) is 4.17. The molecule has 0 aliphatic heterocycles. The minimum atomic E-state index is 0.365. The third kappa shape index (κ3) is 1.60. The van der Waals surface area contributed by atoms with Gasteiger partial charge >= 0.3 is 0 Å². The second kappa shape index (κ2) is 3.51. The minimum Gasteiger partial charge on any atom is -0.234 e. The van der Waals surface area contributed by atoms with Crippen molar-refractivity contribution in [3.8, 4) is 11.8 Å². The highest BCUT2D eigenvalue weighted by Crippen LogP contribution is 2.02. The van der Waals surface area contributed by atoms with Gasteiger partial charge in [-0.1, -0.05) is 19.8 Å². The van der Waals surface area contributed by atoms with E-state index >= 15 is 0 Å². The fraction of sp³-hybridized carbons (Fsp3) is 0.273. The van der Waals surface area contributed by atoms with E-state index in [4.69, 9.17) is 0 Å². The van der Waals surface area contributed by atoms with Crippen molar-refractivity contribution in [1.82, 2.24) is 14.6 Å². The van der Waals surface area contributed by atoms with Gasteiger partial charge in [0.2, 0.25) is 0 Å². The van der Waals surface area contributed by atoms with Crippen molar-refractivity contribution in [3.05, 3.63) is 30.2 Å². The molecule has 0 fully saturated rings. The van der Waals surface area contributed by atoms with Crippen LogP contribution < -0.4 is 0 Å². The van der Waals surface area contributed by atoms with E-state index in [1.165, 1.54) is 0 Å². The lowest BCUT2D eigenvalue weighted by atomic mass is 10.2. The van der Waals surface area contributed by atoms with Crippen LogP contribution in [0.3, 0.4) is 0 Å². The first-order chi connectivity index (χ1) is 6.77. The van der Waals surface area contributed by atoms with Gasteiger partial charge in [-0.15, -0.1) is 0 Å². The number of imidazole rings is 1. The number of hydrogen-bond acceptors (Lipinski definition) is 2. The van der Waals surface area contributed by atoms with E-state index in [0.29, 0.717) is 5.92 Å². The molecule has 3 heteroatoms. The van der Waals surface area contributed by atoms with Gasteiger partial charge in [-0.25, -0.2) is 9.50 Å². The Morgan fingerprint density at radius 2 is 2.29 bits per heavy atom. The Bertz CT molecular complexity index is 500. The molecule has 0 radical (unpaired) electrons. The molecule has 70 valence electrons. The Morgan fingerprint density at radius 3 is 3.07 bits per heavy atom. The smallest absolute Gasteiger partial charge is 0.154 e. The Hall–Kier alpha value is -1.82. The number of hydrogen-bond donors (Lipinski definition) is 0. The molecule has 0 amide bonds. The summed E-state index contributed by atoms with van der Waals surface area (Å²) < 4.78 is 1.75. The van der Waals surface area contributed by atoms with Crippen molar-refractivity contribution in [3.63, 3.8) is 0 Å². The van der Waals surface area contributed by atoms with Gasteiger partial charge in [-0.3, -0.25) is 0 Å². The van der Waals surface area contributed by atoms with Gasteiger partial charge in [0.05, 0.1) is 6.20 Å². The minimum absolute atomic E-state index is 0.365. The maximum Gasteiger partial charge on any atom is 0.154 e. The van der Waals surface area contributed by atoms with Crippen LogP contribution in [0.2, 0.25) is 0 Å². The monoisotopic (exact) mass is 185 g/mol. The Kier molecular flexibility index (Phi) is 2.19. The maximum absolute atomic E-state index is 4.19. The predicted molar refractivity (Wildman–Crippen MR) is 54.7 cm³/mol. The van der Waals surface area contributed by atoms with Crippen molar-refractivity contribution >= 4 is 5.65 Å². The van der Waals surface area contributed by atoms with E-state index in [-0.39, 0.29) is 0 Å². The molecular formula is C11H11N3. The summed E-state index contributed by atoms with van der Waals surface area (Å²) in [6.45, 7) is 4.12. The number of fused-ring (bicyclic) bond motifs is 1. The summed E-state index contributed by atoms with van der Waals surface area (Å²) in [6, 6.07) is 3.77. The summed E-state index contributed by atoms with van der Waals surface area (Å²) in [4.78, 5) is 4.19. The first-order valence-corrected chi connectivity index (χ1v) is 4.57. The lowest BCUT2D eigenvalue weighted by Gasteiger charge is -1.91.